The van der Waals surface area contributed by atoms with Crippen LogP contribution >= 0.6 is 27.5 Å². The summed E-state index contributed by atoms with van der Waals surface area (Å²) >= 11 is 10.1. The summed E-state index contributed by atoms with van der Waals surface area (Å²) in [5.74, 6) is 1.96. The molecule has 0 fully saturated rings. The number of benzene rings is 1. The Morgan fingerprint density at radius 2 is 1.78 bits per heavy atom. The van der Waals surface area contributed by atoms with Crippen LogP contribution in [0.15, 0.2) is 16.6 Å². The van der Waals surface area contributed by atoms with Crippen LogP contribution in [0.4, 0.5) is 0 Å². The summed E-state index contributed by atoms with van der Waals surface area (Å²) in [5, 5.41) is -0.0443. The zero-order valence-corrected chi connectivity index (χ0v) is 13.6. The molecule has 0 saturated carbocycles. The van der Waals surface area contributed by atoms with Crippen LogP contribution in [0.5, 0.6) is 11.5 Å². The third-order valence-electron chi connectivity index (χ3n) is 3.28. The molecule has 0 aliphatic rings. The predicted octanol–water partition coefficient (Wildman–Crippen LogP) is 5.18. The molecule has 102 valence electrons. The summed E-state index contributed by atoms with van der Waals surface area (Å²) in [7, 11) is 3.29. The second-order valence-corrected chi connectivity index (χ2v) is 5.45. The predicted molar refractivity (Wildman–Crippen MR) is 79.9 cm³/mol. The lowest BCUT2D eigenvalue weighted by Gasteiger charge is -2.22. The molecule has 0 spiro atoms. The summed E-state index contributed by atoms with van der Waals surface area (Å²) in [4.78, 5) is 0. The summed E-state index contributed by atoms with van der Waals surface area (Å²) in [5.41, 5.74) is 1.01. The van der Waals surface area contributed by atoms with Gasteiger partial charge in [-0.3, -0.25) is 0 Å². The maximum absolute atomic E-state index is 6.58. The van der Waals surface area contributed by atoms with Crippen LogP contribution in [-0.2, 0) is 0 Å². The first-order chi connectivity index (χ1) is 8.60. The second-order valence-electron chi connectivity index (χ2n) is 4.18. The van der Waals surface area contributed by atoms with Gasteiger partial charge >= 0.3 is 0 Å². The fourth-order valence-corrected chi connectivity index (χ4v) is 3.30. The Morgan fingerprint density at radius 1 is 1.17 bits per heavy atom. The lowest BCUT2D eigenvalue weighted by atomic mass is 9.93. The van der Waals surface area contributed by atoms with E-state index >= 15 is 0 Å². The van der Waals surface area contributed by atoms with Gasteiger partial charge in [0.05, 0.1) is 19.6 Å². The van der Waals surface area contributed by atoms with Crippen molar-refractivity contribution in [1.29, 1.82) is 0 Å². The third-order valence-corrected chi connectivity index (χ3v) is 4.62. The van der Waals surface area contributed by atoms with E-state index in [2.05, 4.69) is 29.8 Å². The topological polar surface area (TPSA) is 18.5 Å². The molecule has 0 bridgehead atoms. The van der Waals surface area contributed by atoms with Gasteiger partial charge in [0.25, 0.3) is 0 Å². The first-order valence-corrected chi connectivity index (χ1v) is 7.37. The number of hydrogen-bond donors (Lipinski definition) is 0. The van der Waals surface area contributed by atoms with E-state index in [0.29, 0.717) is 5.92 Å². The monoisotopic (exact) mass is 334 g/mol. The molecule has 0 aliphatic carbocycles. The Kier molecular flexibility index (Phi) is 6.30. The van der Waals surface area contributed by atoms with Crippen LogP contribution in [-0.4, -0.2) is 14.2 Å². The van der Waals surface area contributed by atoms with E-state index < -0.39 is 0 Å². The summed E-state index contributed by atoms with van der Waals surface area (Å²) < 4.78 is 11.6. The Balaban J connectivity index is 3.20. The number of halogens is 2. The Bertz CT molecular complexity index is 392. The number of hydrogen-bond acceptors (Lipinski definition) is 2. The maximum Gasteiger partial charge on any atom is 0.141 e. The molecule has 2 nitrogen and oxygen atoms in total. The molecule has 0 radical (unpaired) electrons. The van der Waals surface area contributed by atoms with Crippen molar-refractivity contribution in [2.75, 3.05) is 14.2 Å². The molecule has 0 saturated heterocycles. The van der Waals surface area contributed by atoms with Crippen molar-refractivity contribution in [3.63, 3.8) is 0 Å². The SMILES string of the molecule is CCC(CC)C(Cl)c1ccc(OC)c(Br)c1OC. The Labute approximate surface area is 123 Å². The van der Waals surface area contributed by atoms with E-state index in [9.17, 15) is 0 Å². The Hall–Kier alpha value is -0.410. The fraction of sp³-hybridized carbons (Fsp3) is 0.571. The standard InChI is InChI=1S/C14H20BrClO2/c1-5-9(6-2)13(16)10-7-8-11(17-3)12(15)14(10)18-4/h7-9,13H,5-6H2,1-4H3. The maximum atomic E-state index is 6.58. The quantitative estimate of drug-likeness (QED) is 0.667. The van der Waals surface area contributed by atoms with Crippen LogP contribution in [0.2, 0.25) is 0 Å². The molecule has 0 aliphatic heterocycles. The number of rotatable bonds is 6. The highest BCUT2D eigenvalue weighted by molar-refractivity contribution is 9.10. The van der Waals surface area contributed by atoms with Gasteiger partial charge in [0.15, 0.2) is 0 Å². The average molecular weight is 336 g/mol. The average Bonchev–Trinajstić information content (AvgIpc) is 2.39. The Morgan fingerprint density at radius 3 is 2.22 bits per heavy atom. The molecule has 1 unspecified atom stereocenters. The van der Waals surface area contributed by atoms with Gasteiger partial charge in [-0.05, 0) is 27.9 Å². The van der Waals surface area contributed by atoms with Gasteiger partial charge in [0.2, 0.25) is 0 Å². The molecule has 1 atom stereocenters. The van der Waals surface area contributed by atoms with Crippen LogP contribution in [0.3, 0.4) is 0 Å². The third kappa shape index (κ3) is 3.12. The van der Waals surface area contributed by atoms with Crippen molar-refractivity contribution in [2.24, 2.45) is 5.92 Å². The van der Waals surface area contributed by atoms with Gasteiger partial charge in [0.1, 0.15) is 16.0 Å². The zero-order valence-electron chi connectivity index (χ0n) is 11.3. The zero-order chi connectivity index (χ0) is 13.7. The van der Waals surface area contributed by atoms with E-state index in [1.807, 2.05) is 12.1 Å². The molecule has 1 rings (SSSR count). The molecule has 0 N–H and O–H groups in total. The van der Waals surface area contributed by atoms with E-state index in [-0.39, 0.29) is 5.38 Å². The smallest absolute Gasteiger partial charge is 0.141 e. The normalized spacial score (nSPS) is 12.6. The summed E-state index contributed by atoms with van der Waals surface area (Å²) in [6.07, 6.45) is 2.11. The van der Waals surface area contributed by atoms with Gasteiger partial charge in [-0.1, -0.05) is 32.8 Å². The minimum Gasteiger partial charge on any atom is -0.495 e. The van der Waals surface area contributed by atoms with Crippen LogP contribution in [0.25, 0.3) is 0 Å². The number of methoxy groups -OCH3 is 2. The van der Waals surface area contributed by atoms with E-state index in [4.69, 9.17) is 21.1 Å². The first-order valence-electron chi connectivity index (χ1n) is 6.15. The highest BCUT2D eigenvalue weighted by Crippen LogP contribution is 2.44. The van der Waals surface area contributed by atoms with Crippen molar-refractivity contribution in [3.8, 4) is 11.5 Å². The van der Waals surface area contributed by atoms with Gasteiger partial charge in [0, 0.05) is 5.56 Å². The van der Waals surface area contributed by atoms with Gasteiger partial charge in [-0.15, -0.1) is 11.6 Å². The number of alkyl halides is 1. The summed E-state index contributed by atoms with van der Waals surface area (Å²) in [6, 6.07) is 3.90. The van der Waals surface area contributed by atoms with Crippen molar-refractivity contribution < 1.29 is 9.47 Å². The lowest BCUT2D eigenvalue weighted by molar-refractivity contribution is 0.379. The van der Waals surface area contributed by atoms with Gasteiger partial charge in [-0.25, -0.2) is 0 Å². The number of ether oxygens (including phenoxy) is 2. The molecule has 0 heterocycles. The molecule has 0 aromatic heterocycles. The van der Waals surface area contributed by atoms with Crippen molar-refractivity contribution in [1.82, 2.24) is 0 Å². The van der Waals surface area contributed by atoms with Crippen molar-refractivity contribution in [2.45, 2.75) is 32.1 Å². The highest BCUT2D eigenvalue weighted by atomic mass is 79.9. The summed E-state index contributed by atoms with van der Waals surface area (Å²) in [6.45, 7) is 4.32. The molecular weight excluding hydrogens is 316 g/mol. The van der Waals surface area contributed by atoms with Crippen molar-refractivity contribution in [3.05, 3.63) is 22.2 Å². The lowest BCUT2D eigenvalue weighted by Crippen LogP contribution is -2.08. The molecule has 0 amide bonds. The van der Waals surface area contributed by atoms with Gasteiger partial charge < -0.3 is 9.47 Å². The van der Waals surface area contributed by atoms with E-state index in [1.54, 1.807) is 14.2 Å². The largest absolute Gasteiger partial charge is 0.495 e. The van der Waals surface area contributed by atoms with E-state index in [1.165, 1.54) is 0 Å². The molecule has 18 heavy (non-hydrogen) atoms. The van der Waals surface area contributed by atoms with Crippen LogP contribution in [0.1, 0.15) is 37.6 Å². The van der Waals surface area contributed by atoms with Crippen LogP contribution in [0, 0.1) is 5.92 Å². The van der Waals surface area contributed by atoms with Crippen LogP contribution < -0.4 is 9.47 Å². The molecule has 1 aromatic carbocycles. The molecule has 4 heteroatoms. The minimum absolute atomic E-state index is 0.0443. The molecular formula is C14H20BrClO2. The highest BCUT2D eigenvalue weighted by Gasteiger charge is 2.23. The van der Waals surface area contributed by atoms with Gasteiger partial charge in [-0.2, -0.15) is 0 Å². The molecule has 1 aromatic rings. The second kappa shape index (κ2) is 7.25. The first kappa shape index (κ1) is 15.6. The minimum atomic E-state index is -0.0443. The van der Waals surface area contributed by atoms with E-state index in [0.717, 1.165) is 34.4 Å². The van der Waals surface area contributed by atoms with Crippen molar-refractivity contribution >= 4 is 27.5 Å². The fourth-order valence-electron chi connectivity index (χ4n) is 2.09.